The number of carbonyl (C=O) groups is 1. The molecule has 2 aliphatic rings. The zero-order chi connectivity index (χ0) is 30.2. The highest BCUT2D eigenvalue weighted by molar-refractivity contribution is 7.15. The van der Waals surface area contributed by atoms with E-state index in [1.807, 2.05) is 60.1 Å². The molecule has 45 heavy (non-hydrogen) atoms. The maximum Gasteiger partial charge on any atom is 0.228 e. The summed E-state index contributed by atoms with van der Waals surface area (Å²) in [6.45, 7) is 2.24. The first-order valence-electron chi connectivity index (χ1n) is 15.6. The number of amides is 1. The van der Waals surface area contributed by atoms with Crippen molar-refractivity contribution < 1.29 is 4.79 Å². The molecule has 6 aromatic rings. The van der Waals surface area contributed by atoms with E-state index in [1.165, 1.54) is 30.5 Å². The molecule has 1 saturated carbocycles. The lowest BCUT2D eigenvalue weighted by Crippen LogP contribution is -2.29. The lowest BCUT2D eigenvalue weighted by molar-refractivity contribution is -0.117. The minimum atomic E-state index is -0.00234. The molecule has 1 saturated heterocycles. The Bertz CT molecular complexity index is 1960. The molecule has 1 amide bonds. The number of fused-ring (bicyclic) bond motifs is 1. The number of aromatic nitrogens is 4. The van der Waals surface area contributed by atoms with Crippen molar-refractivity contribution in [2.45, 2.75) is 31.6 Å². The van der Waals surface area contributed by atoms with Crippen molar-refractivity contribution in [3.05, 3.63) is 108 Å². The lowest BCUT2D eigenvalue weighted by atomic mass is 10.1. The van der Waals surface area contributed by atoms with Crippen molar-refractivity contribution in [2.24, 2.45) is 5.92 Å². The van der Waals surface area contributed by atoms with Crippen LogP contribution in [0.5, 0.6) is 0 Å². The summed E-state index contributed by atoms with van der Waals surface area (Å²) in [6.07, 6.45) is 8.50. The third-order valence-electron chi connectivity index (χ3n) is 8.76. The SMILES string of the molecule is O=C(Nc1cccc(-c2nc3sccn3c2-c2ccnc(Nc3ccc(N4CCCCC4)cc3)n2)c1)C1CC1c1ccccc1. The molecule has 0 bridgehead atoms. The molecule has 3 aromatic carbocycles. The van der Waals surface area contributed by atoms with Gasteiger partial charge in [0.15, 0.2) is 4.96 Å². The molecule has 8 rings (SSSR count). The summed E-state index contributed by atoms with van der Waals surface area (Å²) in [7, 11) is 0. The van der Waals surface area contributed by atoms with E-state index < -0.39 is 0 Å². The van der Waals surface area contributed by atoms with E-state index in [1.54, 1.807) is 17.5 Å². The summed E-state index contributed by atoms with van der Waals surface area (Å²) < 4.78 is 2.07. The zero-order valence-electron chi connectivity index (χ0n) is 24.8. The van der Waals surface area contributed by atoms with Crippen LogP contribution in [0.25, 0.3) is 27.6 Å². The van der Waals surface area contributed by atoms with E-state index >= 15 is 0 Å². The number of hydrogen-bond acceptors (Lipinski definition) is 7. The Kier molecular flexibility index (Phi) is 7.23. The summed E-state index contributed by atoms with van der Waals surface area (Å²) in [4.78, 5) is 30.9. The number of anilines is 4. The van der Waals surface area contributed by atoms with Gasteiger partial charge in [-0.3, -0.25) is 9.20 Å². The summed E-state index contributed by atoms with van der Waals surface area (Å²) in [5.74, 6) is 0.863. The summed E-state index contributed by atoms with van der Waals surface area (Å²) in [5, 5.41) is 8.56. The monoisotopic (exact) mass is 611 g/mol. The van der Waals surface area contributed by atoms with Gasteiger partial charge in [-0.05, 0) is 79.6 Å². The van der Waals surface area contributed by atoms with Crippen molar-refractivity contribution >= 4 is 45.2 Å². The Morgan fingerprint density at radius 3 is 2.56 bits per heavy atom. The standard InChI is InChI=1S/C36H33N7OS/c44-34(30-23-29(30)24-8-3-1-4-9-24)38-27-11-7-10-25(22-27)32-33(43-20-21-45-36(43)41-32)31-16-17-37-35(40-31)39-26-12-14-28(15-13-26)42-18-5-2-6-19-42/h1,3-4,7-17,20-22,29-30H,2,5-6,18-19,23H2,(H,38,44)(H,37,39,40). The molecule has 224 valence electrons. The van der Waals surface area contributed by atoms with E-state index in [-0.39, 0.29) is 17.7 Å². The largest absolute Gasteiger partial charge is 0.372 e. The third kappa shape index (κ3) is 5.67. The first kappa shape index (κ1) is 27.5. The molecule has 2 unspecified atom stereocenters. The molecule has 4 heterocycles. The molecule has 0 spiro atoms. The van der Waals surface area contributed by atoms with Crippen molar-refractivity contribution in [1.29, 1.82) is 0 Å². The van der Waals surface area contributed by atoms with Crippen molar-refractivity contribution in [3.8, 4) is 22.6 Å². The Morgan fingerprint density at radius 1 is 0.867 bits per heavy atom. The maximum atomic E-state index is 13.1. The van der Waals surface area contributed by atoms with E-state index in [2.05, 4.69) is 61.3 Å². The molecule has 2 N–H and O–H groups in total. The fourth-order valence-corrected chi connectivity index (χ4v) is 7.07. The van der Waals surface area contributed by atoms with Crippen LogP contribution in [0.2, 0.25) is 0 Å². The van der Waals surface area contributed by atoms with Crippen molar-refractivity contribution in [2.75, 3.05) is 28.6 Å². The molecule has 2 fully saturated rings. The van der Waals surface area contributed by atoms with Crippen LogP contribution in [0.4, 0.5) is 23.0 Å². The molecule has 8 nitrogen and oxygen atoms in total. The summed E-state index contributed by atoms with van der Waals surface area (Å²) >= 11 is 1.58. The molecule has 1 aliphatic carbocycles. The fourth-order valence-electron chi connectivity index (χ4n) is 6.35. The van der Waals surface area contributed by atoms with Crippen LogP contribution < -0.4 is 15.5 Å². The Balaban J connectivity index is 1.04. The van der Waals surface area contributed by atoms with E-state index in [0.29, 0.717) is 5.95 Å². The molecular formula is C36H33N7OS. The first-order valence-corrected chi connectivity index (χ1v) is 16.4. The van der Waals surface area contributed by atoms with Gasteiger partial charge in [0, 0.05) is 59.4 Å². The third-order valence-corrected chi connectivity index (χ3v) is 9.52. The van der Waals surface area contributed by atoms with Crippen LogP contribution >= 0.6 is 11.3 Å². The predicted molar refractivity (Wildman–Crippen MR) is 181 cm³/mol. The van der Waals surface area contributed by atoms with E-state index in [4.69, 9.17) is 9.97 Å². The first-order chi connectivity index (χ1) is 22.2. The number of carbonyl (C=O) groups excluding carboxylic acids is 1. The van der Waals surface area contributed by atoms with Crippen LogP contribution in [0, 0.1) is 5.92 Å². The fraction of sp³-hybridized carbons (Fsp3) is 0.222. The van der Waals surface area contributed by atoms with Crippen LogP contribution in [0.1, 0.15) is 37.2 Å². The molecule has 3 aromatic heterocycles. The average Bonchev–Trinajstić information content (AvgIpc) is 3.63. The van der Waals surface area contributed by atoms with Crippen LogP contribution in [-0.2, 0) is 4.79 Å². The number of thiazole rings is 1. The zero-order valence-corrected chi connectivity index (χ0v) is 25.6. The van der Waals surface area contributed by atoms with Gasteiger partial charge in [0.05, 0.1) is 11.4 Å². The van der Waals surface area contributed by atoms with Crippen LogP contribution in [0.15, 0.2) is 103 Å². The molecule has 2 atom stereocenters. The van der Waals surface area contributed by atoms with E-state index in [9.17, 15) is 4.79 Å². The van der Waals surface area contributed by atoms with Crippen LogP contribution in [0.3, 0.4) is 0 Å². The van der Waals surface area contributed by atoms with Gasteiger partial charge in [0.1, 0.15) is 5.69 Å². The average molecular weight is 612 g/mol. The number of benzene rings is 3. The van der Waals surface area contributed by atoms with Gasteiger partial charge in [-0.25, -0.2) is 15.0 Å². The number of piperidine rings is 1. The van der Waals surface area contributed by atoms with Crippen molar-refractivity contribution in [1.82, 2.24) is 19.4 Å². The molecule has 0 radical (unpaired) electrons. The quantitative estimate of drug-likeness (QED) is 0.181. The predicted octanol–water partition coefficient (Wildman–Crippen LogP) is 8.00. The second-order valence-corrected chi connectivity index (χ2v) is 12.7. The lowest BCUT2D eigenvalue weighted by Gasteiger charge is -2.28. The highest BCUT2D eigenvalue weighted by Gasteiger charge is 2.43. The van der Waals surface area contributed by atoms with Gasteiger partial charge in [-0.1, -0.05) is 42.5 Å². The molecular weight excluding hydrogens is 579 g/mol. The second-order valence-electron chi connectivity index (χ2n) is 11.8. The van der Waals surface area contributed by atoms with Crippen LogP contribution in [-0.4, -0.2) is 38.3 Å². The maximum absolute atomic E-state index is 13.1. The normalized spacial score (nSPS) is 17.7. The van der Waals surface area contributed by atoms with Gasteiger partial charge < -0.3 is 15.5 Å². The second kappa shape index (κ2) is 11.8. The van der Waals surface area contributed by atoms with Crippen molar-refractivity contribution in [3.63, 3.8) is 0 Å². The minimum absolute atomic E-state index is 0.00234. The minimum Gasteiger partial charge on any atom is -0.372 e. The number of hydrogen-bond donors (Lipinski definition) is 2. The number of rotatable bonds is 8. The summed E-state index contributed by atoms with van der Waals surface area (Å²) in [5.41, 5.74) is 7.54. The molecule has 1 aliphatic heterocycles. The van der Waals surface area contributed by atoms with Gasteiger partial charge >= 0.3 is 0 Å². The summed E-state index contributed by atoms with van der Waals surface area (Å²) in [6, 6.07) is 28.6. The Morgan fingerprint density at radius 2 is 1.71 bits per heavy atom. The Hall–Kier alpha value is -5.02. The highest BCUT2D eigenvalue weighted by Crippen LogP contribution is 2.48. The highest BCUT2D eigenvalue weighted by atomic mass is 32.1. The number of imidazole rings is 1. The van der Waals surface area contributed by atoms with Gasteiger partial charge in [0.2, 0.25) is 11.9 Å². The van der Waals surface area contributed by atoms with Gasteiger partial charge in [-0.2, -0.15) is 0 Å². The topological polar surface area (TPSA) is 87.5 Å². The Labute approximate surface area is 265 Å². The molecule has 9 heteroatoms. The van der Waals surface area contributed by atoms with Gasteiger partial charge in [-0.15, -0.1) is 11.3 Å². The number of nitrogens with one attached hydrogen (secondary N) is 2. The smallest absolute Gasteiger partial charge is 0.228 e. The number of nitrogens with zero attached hydrogens (tertiary/aromatic N) is 5. The van der Waals surface area contributed by atoms with E-state index in [0.717, 1.165) is 58.5 Å². The van der Waals surface area contributed by atoms with Gasteiger partial charge in [0.25, 0.3) is 0 Å².